The maximum atomic E-state index is 12.0. The number of aromatic nitrogens is 3. The minimum absolute atomic E-state index is 0.212. The third-order valence-electron chi connectivity index (χ3n) is 4.42. The van der Waals surface area contributed by atoms with Crippen LogP contribution in [-0.2, 0) is 16.0 Å². The van der Waals surface area contributed by atoms with Gasteiger partial charge in [0.25, 0.3) is 0 Å². The molecule has 130 valence electrons. The largest absolute Gasteiger partial charge is 0.368 e. The maximum Gasteiger partial charge on any atom is 0.239 e. The van der Waals surface area contributed by atoms with Crippen LogP contribution in [0.4, 0.5) is 0 Å². The maximum absolute atomic E-state index is 12.0. The molecule has 1 unspecified atom stereocenters. The minimum Gasteiger partial charge on any atom is -0.368 e. The molecule has 7 heteroatoms. The highest BCUT2D eigenvalue weighted by Gasteiger charge is 2.16. The molecule has 2 heterocycles. The van der Waals surface area contributed by atoms with Crippen LogP contribution in [0.2, 0.25) is 0 Å². The molecule has 2 aromatic heterocycles. The van der Waals surface area contributed by atoms with Crippen LogP contribution in [0.25, 0.3) is 16.6 Å². The SMILES string of the molecule is Cc1nc2c3ccccc3nn2c(C)c1CCC(=O)NC(C)C(N)=O. The van der Waals surface area contributed by atoms with E-state index in [0.29, 0.717) is 6.42 Å². The van der Waals surface area contributed by atoms with Gasteiger partial charge in [0, 0.05) is 23.2 Å². The van der Waals surface area contributed by atoms with E-state index in [-0.39, 0.29) is 12.3 Å². The first kappa shape index (κ1) is 16.9. The van der Waals surface area contributed by atoms with Gasteiger partial charge in [-0.05, 0) is 44.9 Å². The lowest BCUT2D eigenvalue weighted by molar-refractivity contribution is -0.126. The van der Waals surface area contributed by atoms with Crippen molar-refractivity contribution < 1.29 is 9.59 Å². The number of nitrogens with one attached hydrogen (secondary N) is 1. The van der Waals surface area contributed by atoms with Crippen LogP contribution in [0.5, 0.6) is 0 Å². The summed E-state index contributed by atoms with van der Waals surface area (Å²) in [4.78, 5) is 27.7. The first-order valence-electron chi connectivity index (χ1n) is 8.20. The zero-order chi connectivity index (χ0) is 18.1. The lowest BCUT2D eigenvalue weighted by Crippen LogP contribution is -2.42. The Labute approximate surface area is 145 Å². The topological polar surface area (TPSA) is 102 Å². The smallest absolute Gasteiger partial charge is 0.239 e. The number of primary amides is 1. The van der Waals surface area contributed by atoms with Crippen molar-refractivity contribution in [2.24, 2.45) is 5.73 Å². The van der Waals surface area contributed by atoms with Gasteiger partial charge in [-0.25, -0.2) is 9.50 Å². The Morgan fingerprint density at radius 2 is 2.00 bits per heavy atom. The number of aryl methyl sites for hydroxylation is 2. The van der Waals surface area contributed by atoms with E-state index >= 15 is 0 Å². The zero-order valence-electron chi connectivity index (χ0n) is 14.5. The summed E-state index contributed by atoms with van der Waals surface area (Å²) >= 11 is 0. The Bertz CT molecular complexity index is 976. The lowest BCUT2D eigenvalue weighted by Gasteiger charge is -2.13. The molecule has 0 saturated carbocycles. The van der Waals surface area contributed by atoms with E-state index in [9.17, 15) is 9.59 Å². The van der Waals surface area contributed by atoms with E-state index < -0.39 is 11.9 Å². The zero-order valence-corrected chi connectivity index (χ0v) is 14.5. The fraction of sp³-hybridized carbons (Fsp3) is 0.333. The number of carbonyl (C=O) groups excluding carboxylic acids is 2. The van der Waals surface area contributed by atoms with Gasteiger partial charge in [-0.2, -0.15) is 5.10 Å². The molecule has 0 radical (unpaired) electrons. The van der Waals surface area contributed by atoms with Crippen molar-refractivity contribution in [2.75, 3.05) is 0 Å². The Morgan fingerprint density at radius 3 is 2.72 bits per heavy atom. The van der Waals surface area contributed by atoms with Crippen molar-refractivity contribution in [1.82, 2.24) is 19.9 Å². The average molecular weight is 339 g/mol. The van der Waals surface area contributed by atoms with Gasteiger partial charge in [0.05, 0.1) is 5.52 Å². The van der Waals surface area contributed by atoms with Gasteiger partial charge < -0.3 is 11.1 Å². The number of nitrogens with two attached hydrogens (primary N) is 1. The molecular formula is C18H21N5O2. The number of fused-ring (bicyclic) bond motifs is 3. The molecule has 25 heavy (non-hydrogen) atoms. The van der Waals surface area contributed by atoms with Gasteiger partial charge in [0.15, 0.2) is 5.65 Å². The molecule has 0 aliphatic rings. The number of benzene rings is 1. The highest BCUT2D eigenvalue weighted by atomic mass is 16.2. The van der Waals surface area contributed by atoms with Crippen LogP contribution >= 0.6 is 0 Å². The normalized spacial score (nSPS) is 12.4. The quantitative estimate of drug-likeness (QED) is 0.734. The molecule has 0 saturated heterocycles. The van der Waals surface area contributed by atoms with Gasteiger partial charge in [-0.1, -0.05) is 12.1 Å². The second kappa shape index (κ2) is 6.51. The van der Waals surface area contributed by atoms with Crippen molar-refractivity contribution in [1.29, 1.82) is 0 Å². The Kier molecular flexibility index (Phi) is 4.39. The second-order valence-electron chi connectivity index (χ2n) is 6.21. The summed E-state index contributed by atoms with van der Waals surface area (Å²) in [6, 6.07) is 7.20. The fourth-order valence-electron chi connectivity index (χ4n) is 2.96. The van der Waals surface area contributed by atoms with Crippen LogP contribution in [0.1, 0.15) is 30.3 Å². The van der Waals surface area contributed by atoms with Crippen molar-refractivity contribution in [3.63, 3.8) is 0 Å². The van der Waals surface area contributed by atoms with Crippen LogP contribution < -0.4 is 11.1 Å². The highest BCUT2D eigenvalue weighted by molar-refractivity contribution is 5.92. The summed E-state index contributed by atoms with van der Waals surface area (Å²) in [6.07, 6.45) is 0.779. The van der Waals surface area contributed by atoms with E-state index in [1.165, 1.54) is 0 Å². The average Bonchev–Trinajstić information content (AvgIpc) is 2.93. The molecule has 1 atom stereocenters. The van der Waals surface area contributed by atoms with Crippen molar-refractivity contribution >= 4 is 28.4 Å². The first-order valence-corrected chi connectivity index (χ1v) is 8.20. The summed E-state index contributed by atoms with van der Waals surface area (Å²) in [5.74, 6) is -0.761. The molecule has 0 fully saturated rings. The van der Waals surface area contributed by atoms with Crippen molar-refractivity contribution in [2.45, 2.75) is 39.7 Å². The van der Waals surface area contributed by atoms with Gasteiger partial charge in [0.1, 0.15) is 6.04 Å². The van der Waals surface area contributed by atoms with E-state index in [1.54, 1.807) is 6.92 Å². The van der Waals surface area contributed by atoms with Crippen molar-refractivity contribution in [3.8, 4) is 0 Å². The number of carbonyl (C=O) groups is 2. The van der Waals surface area contributed by atoms with Crippen LogP contribution in [0.3, 0.4) is 0 Å². The van der Waals surface area contributed by atoms with E-state index in [2.05, 4.69) is 15.4 Å². The number of hydrogen-bond acceptors (Lipinski definition) is 4. The fourth-order valence-corrected chi connectivity index (χ4v) is 2.96. The number of hydrogen-bond donors (Lipinski definition) is 2. The third kappa shape index (κ3) is 3.17. The molecular weight excluding hydrogens is 318 g/mol. The number of nitrogens with zero attached hydrogens (tertiary/aromatic N) is 3. The summed E-state index contributed by atoms with van der Waals surface area (Å²) in [7, 11) is 0. The molecule has 1 aromatic carbocycles. The third-order valence-corrected chi connectivity index (χ3v) is 4.42. The predicted molar refractivity (Wildman–Crippen MR) is 95.1 cm³/mol. The molecule has 2 amide bonds. The molecule has 3 rings (SSSR count). The van der Waals surface area contributed by atoms with Gasteiger partial charge in [-0.15, -0.1) is 0 Å². The van der Waals surface area contributed by atoms with E-state index in [0.717, 1.165) is 33.5 Å². The number of amides is 2. The summed E-state index contributed by atoms with van der Waals surface area (Å²) in [5.41, 5.74) is 9.71. The van der Waals surface area contributed by atoms with Crippen LogP contribution in [0.15, 0.2) is 24.3 Å². The lowest BCUT2D eigenvalue weighted by atomic mass is 10.1. The van der Waals surface area contributed by atoms with Gasteiger partial charge in [0.2, 0.25) is 11.8 Å². The predicted octanol–water partition coefficient (Wildman–Crippen LogP) is 1.42. The molecule has 0 spiro atoms. The summed E-state index contributed by atoms with van der Waals surface area (Å²) in [5, 5.41) is 8.21. The highest BCUT2D eigenvalue weighted by Crippen LogP contribution is 2.22. The van der Waals surface area contributed by atoms with E-state index in [1.807, 2.05) is 42.6 Å². The van der Waals surface area contributed by atoms with E-state index in [4.69, 9.17) is 5.73 Å². The molecule has 0 bridgehead atoms. The van der Waals surface area contributed by atoms with Gasteiger partial charge >= 0.3 is 0 Å². The number of rotatable bonds is 5. The monoisotopic (exact) mass is 339 g/mol. The summed E-state index contributed by atoms with van der Waals surface area (Å²) < 4.78 is 1.83. The minimum atomic E-state index is -0.674. The Balaban J connectivity index is 1.88. The van der Waals surface area contributed by atoms with Gasteiger partial charge in [-0.3, -0.25) is 9.59 Å². The second-order valence-corrected chi connectivity index (χ2v) is 6.21. The summed E-state index contributed by atoms with van der Waals surface area (Å²) in [6.45, 7) is 5.49. The first-order chi connectivity index (χ1) is 11.9. The van der Waals surface area contributed by atoms with Crippen LogP contribution in [-0.4, -0.2) is 32.5 Å². The standard InChI is InChI=1S/C18H21N5O2/c1-10-13(8-9-16(24)20-11(2)17(19)25)12(3)23-18(21-10)14-6-4-5-7-15(14)22-23/h4-7,11H,8-9H2,1-3H3,(H2,19,25)(H,20,24). The molecule has 3 N–H and O–H groups in total. The molecule has 7 nitrogen and oxygen atoms in total. The van der Waals surface area contributed by atoms with Crippen LogP contribution in [0, 0.1) is 13.8 Å². The molecule has 0 aliphatic carbocycles. The Morgan fingerprint density at radius 1 is 1.28 bits per heavy atom. The Hall–Kier alpha value is -2.96. The molecule has 3 aromatic rings. The molecule has 0 aliphatic heterocycles. The van der Waals surface area contributed by atoms with Crippen molar-refractivity contribution in [3.05, 3.63) is 41.2 Å².